The summed E-state index contributed by atoms with van der Waals surface area (Å²) in [4.78, 5) is 27.4. The van der Waals surface area contributed by atoms with Gasteiger partial charge in [0.25, 0.3) is 0 Å². The summed E-state index contributed by atoms with van der Waals surface area (Å²) >= 11 is 6.97. The second kappa shape index (κ2) is 6.51. The predicted octanol–water partition coefficient (Wildman–Crippen LogP) is 3.26. The number of fused-ring (bicyclic) bond motifs is 1. The lowest BCUT2D eigenvalue weighted by molar-refractivity contribution is -0.115. The van der Waals surface area contributed by atoms with E-state index in [1.165, 1.54) is 42.6 Å². The summed E-state index contributed by atoms with van der Waals surface area (Å²) in [6.45, 7) is 1.75. The van der Waals surface area contributed by atoms with Gasteiger partial charge in [0.05, 0.1) is 16.6 Å². The molecule has 3 aromatic rings. The third-order valence-electron chi connectivity index (χ3n) is 3.03. The maximum absolute atomic E-state index is 13.1. The van der Waals surface area contributed by atoms with Crippen LogP contribution in [0.2, 0.25) is 5.02 Å². The van der Waals surface area contributed by atoms with Gasteiger partial charge in [0.1, 0.15) is 22.7 Å². The molecule has 0 spiro atoms. The quantitative estimate of drug-likeness (QED) is 0.556. The van der Waals surface area contributed by atoms with Crippen LogP contribution >= 0.6 is 23.4 Å². The van der Waals surface area contributed by atoms with Gasteiger partial charge >= 0.3 is 0 Å². The molecule has 0 radical (unpaired) electrons. The Labute approximate surface area is 139 Å². The van der Waals surface area contributed by atoms with Gasteiger partial charge < -0.3 is 10.3 Å². The van der Waals surface area contributed by atoms with Gasteiger partial charge in [0.2, 0.25) is 5.91 Å². The smallest absolute Gasteiger partial charge is 0.237 e. The zero-order valence-electron chi connectivity index (χ0n) is 11.9. The fourth-order valence-electron chi connectivity index (χ4n) is 1.87. The van der Waals surface area contributed by atoms with Gasteiger partial charge in [-0.3, -0.25) is 4.79 Å². The molecule has 1 amide bonds. The first-order valence-corrected chi connectivity index (χ1v) is 7.87. The summed E-state index contributed by atoms with van der Waals surface area (Å²) < 4.78 is 13.1. The van der Waals surface area contributed by atoms with Crippen LogP contribution in [-0.4, -0.2) is 31.1 Å². The number of benzene rings is 1. The van der Waals surface area contributed by atoms with Crippen molar-refractivity contribution in [1.82, 2.24) is 19.9 Å². The minimum absolute atomic E-state index is 0.0434. The molecule has 6 nitrogen and oxygen atoms in total. The Bertz CT molecular complexity index is 871. The number of halogens is 2. The van der Waals surface area contributed by atoms with E-state index in [2.05, 4.69) is 25.3 Å². The number of nitrogens with one attached hydrogen (secondary N) is 2. The molecule has 1 atom stereocenters. The number of amides is 1. The molecule has 0 bridgehead atoms. The number of aromatic amines is 1. The van der Waals surface area contributed by atoms with Crippen LogP contribution in [0.25, 0.3) is 11.2 Å². The molecule has 1 unspecified atom stereocenters. The van der Waals surface area contributed by atoms with Crippen molar-refractivity contribution in [3.05, 3.63) is 41.7 Å². The third-order valence-corrected chi connectivity index (χ3v) is 4.42. The summed E-state index contributed by atoms with van der Waals surface area (Å²) in [5, 5.41) is 2.85. The molecule has 3 rings (SSSR count). The van der Waals surface area contributed by atoms with Crippen LogP contribution in [0, 0.1) is 5.82 Å². The van der Waals surface area contributed by atoms with E-state index in [0.717, 1.165) is 0 Å². The van der Waals surface area contributed by atoms with E-state index in [0.29, 0.717) is 21.9 Å². The minimum Gasteiger partial charge on any atom is -0.341 e. The largest absolute Gasteiger partial charge is 0.341 e. The maximum Gasteiger partial charge on any atom is 0.237 e. The highest BCUT2D eigenvalue weighted by molar-refractivity contribution is 8.00. The Kier molecular flexibility index (Phi) is 4.44. The van der Waals surface area contributed by atoms with E-state index in [1.54, 1.807) is 6.92 Å². The highest BCUT2D eigenvalue weighted by atomic mass is 35.5. The normalized spacial score (nSPS) is 12.3. The Balaban J connectivity index is 1.72. The number of thioether (sulfide) groups is 1. The summed E-state index contributed by atoms with van der Waals surface area (Å²) in [7, 11) is 0. The van der Waals surface area contributed by atoms with E-state index >= 15 is 0 Å². The van der Waals surface area contributed by atoms with E-state index in [9.17, 15) is 9.18 Å². The SMILES string of the molecule is CC(Sc1ncnc2nc[nH]c12)C(=O)Nc1ccc(F)c(Cl)c1. The lowest BCUT2D eigenvalue weighted by atomic mass is 10.3. The van der Waals surface area contributed by atoms with Gasteiger partial charge in [0.15, 0.2) is 5.65 Å². The van der Waals surface area contributed by atoms with Gasteiger partial charge in [-0.25, -0.2) is 19.3 Å². The van der Waals surface area contributed by atoms with Crippen LogP contribution < -0.4 is 5.32 Å². The Morgan fingerprint density at radius 3 is 3.00 bits per heavy atom. The first-order valence-electron chi connectivity index (χ1n) is 6.61. The van der Waals surface area contributed by atoms with Crippen molar-refractivity contribution in [2.75, 3.05) is 5.32 Å². The molecule has 0 fully saturated rings. The van der Waals surface area contributed by atoms with E-state index in [-0.39, 0.29) is 10.9 Å². The van der Waals surface area contributed by atoms with E-state index in [1.807, 2.05) is 0 Å². The molecule has 0 saturated carbocycles. The Morgan fingerprint density at radius 2 is 2.22 bits per heavy atom. The molecule has 23 heavy (non-hydrogen) atoms. The number of carbonyl (C=O) groups is 1. The number of nitrogens with zero attached hydrogens (tertiary/aromatic N) is 3. The standard InChI is InChI=1S/C14H11ClFN5OS/c1-7(13(22)21-8-2-3-10(16)9(15)4-8)23-14-11-12(18-5-17-11)19-6-20-14/h2-7H,1H3,(H,21,22)(H,17,18,19,20). The molecule has 1 aromatic carbocycles. The average Bonchev–Trinajstić information content (AvgIpc) is 3.00. The molecule has 118 valence electrons. The van der Waals surface area contributed by atoms with Crippen molar-refractivity contribution >= 4 is 46.1 Å². The maximum atomic E-state index is 13.1. The molecule has 0 aliphatic carbocycles. The zero-order chi connectivity index (χ0) is 16.4. The first kappa shape index (κ1) is 15.7. The second-order valence-corrected chi connectivity index (χ2v) is 6.39. The molecule has 9 heteroatoms. The summed E-state index contributed by atoms with van der Waals surface area (Å²) in [5.41, 5.74) is 1.66. The zero-order valence-corrected chi connectivity index (χ0v) is 13.5. The molecule has 0 aliphatic rings. The highest BCUT2D eigenvalue weighted by Gasteiger charge is 2.18. The number of H-pyrrole nitrogens is 1. The molecular formula is C14H11ClFN5OS. The van der Waals surface area contributed by atoms with Gasteiger partial charge in [0, 0.05) is 5.69 Å². The van der Waals surface area contributed by atoms with E-state index in [4.69, 9.17) is 11.6 Å². The number of carbonyl (C=O) groups excluding carboxylic acids is 1. The fourth-order valence-corrected chi connectivity index (χ4v) is 2.93. The van der Waals surface area contributed by atoms with Crippen LogP contribution in [0.4, 0.5) is 10.1 Å². The van der Waals surface area contributed by atoms with E-state index < -0.39 is 11.1 Å². The van der Waals surface area contributed by atoms with Crippen LogP contribution in [0.3, 0.4) is 0 Å². The summed E-state index contributed by atoms with van der Waals surface area (Å²) in [6, 6.07) is 4.02. The van der Waals surface area contributed by atoms with Crippen molar-refractivity contribution in [2.45, 2.75) is 17.2 Å². The van der Waals surface area contributed by atoms with Crippen LogP contribution in [0.15, 0.2) is 35.9 Å². The number of hydrogen-bond acceptors (Lipinski definition) is 5. The molecule has 0 aliphatic heterocycles. The van der Waals surface area contributed by atoms with Crippen LogP contribution in [0.5, 0.6) is 0 Å². The predicted molar refractivity (Wildman–Crippen MR) is 87.0 cm³/mol. The van der Waals surface area contributed by atoms with Gasteiger partial charge in [-0.2, -0.15) is 0 Å². The average molecular weight is 352 g/mol. The van der Waals surface area contributed by atoms with Crippen LogP contribution in [0.1, 0.15) is 6.92 Å². The summed E-state index contributed by atoms with van der Waals surface area (Å²) in [6.07, 6.45) is 2.92. The number of anilines is 1. The van der Waals surface area contributed by atoms with Gasteiger partial charge in [-0.15, -0.1) is 0 Å². The topological polar surface area (TPSA) is 83.6 Å². The Hall–Kier alpha value is -2.19. The van der Waals surface area contributed by atoms with Crippen molar-refractivity contribution in [1.29, 1.82) is 0 Å². The van der Waals surface area contributed by atoms with Gasteiger partial charge in [-0.1, -0.05) is 23.4 Å². The lowest BCUT2D eigenvalue weighted by Crippen LogP contribution is -2.22. The molecular weight excluding hydrogens is 341 g/mol. The highest BCUT2D eigenvalue weighted by Crippen LogP contribution is 2.27. The Morgan fingerprint density at radius 1 is 1.39 bits per heavy atom. The molecule has 2 N–H and O–H groups in total. The molecule has 2 heterocycles. The van der Waals surface area contributed by atoms with Gasteiger partial charge in [-0.05, 0) is 25.1 Å². The molecule has 0 saturated heterocycles. The first-order chi connectivity index (χ1) is 11.0. The number of rotatable bonds is 4. The summed E-state index contributed by atoms with van der Waals surface area (Å²) in [5.74, 6) is -0.779. The molecule has 2 aromatic heterocycles. The third kappa shape index (κ3) is 3.43. The van der Waals surface area contributed by atoms with Crippen molar-refractivity contribution in [3.8, 4) is 0 Å². The monoisotopic (exact) mass is 351 g/mol. The van der Waals surface area contributed by atoms with Crippen molar-refractivity contribution in [3.63, 3.8) is 0 Å². The van der Waals surface area contributed by atoms with Crippen molar-refractivity contribution in [2.24, 2.45) is 0 Å². The second-order valence-electron chi connectivity index (χ2n) is 4.66. The number of hydrogen-bond donors (Lipinski definition) is 2. The minimum atomic E-state index is -0.533. The number of aromatic nitrogens is 4. The lowest BCUT2D eigenvalue weighted by Gasteiger charge is -2.12. The van der Waals surface area contributed by atoms with Crippen LogP contribution in [-0.2, 0) is 4.79 Å². The fraction of sp³-hybridized carbons (Fsp3) is 0.143. The van der Waals surface area contributed by atoms with Crippen molar-refractivity contribution < 1.29 is 9.18 Å². The number of imidazole rings is 1.